The fraction of sp³-hybridized carbons (Fsp3) is 0.188. The van der Waals surface area contributed by atoms with Crippen LogP contribution in [0, 0.1) is 6.92 Å². The van der Waals surface area contributed by atoms with Crippen LogP contribution in [0.2, 0.25) is 0 Å². The number of rotatable bonds is 5. The molecule has 2 rings (SSSR count). The van der Waals surface area contributed by atoms with E-state index in [9.17, 15) is 9.59 Å². The molecule has 1 aromatic carbocycles. The SMILES string of the molecule is Cc1cc[n+](CCC(=O)Nc2ccc(C(N)=O)cc2)cc1.[Br-]. The molecule has 0 bridgehead atoms. The number of amides is 2. The van der Waals surface area contributed by atoms with Crippen molar-refractivity contribution in [2.45, 2.75) is 19.9 Å². The molecule has 0 saturated carbocycles. The van der Waals surface area contributed by atoms with Gasteiger partial charge in [0.25, 0.3) is 0 Å². The van der Waals surface area contributed by atoms with Gasteiger partial charge in [-0.25, -0.2) is 4.57 Å². The van der Waals surface area contributed by atoms with Crippen LogP contribution >= 0.6 is 0 Å². The Balaban J connectivity index is 0.00000242. The van der Waals surface area contributed by atoms with E-state index in [1.165, 1.54) is 5.56 Å². The van der Waals surface area contributed by atoms with Crippen molar-refractivity contribution < 1.29 is 31.1 Å². The fourth-order valence-electron chi connectivity index (χ4n) is 1.85. The average molecular weight is 364 g/mol. The van der Waals surface area contributed by atoms with E-state index in [4.69, 9.17) is 5.73 Å². The first-order valence-corrected chi connectivity index (χ1v) is 6.70. The van der Waals surface area contributed by atoms with Gasteiger partial charge in [0.1, 0.15) is 0 Å². The molecule has 6 heteroatoms. The summed E-state index contributed by atoms with van der Waals surface area (Å²) in [5.41, 5.74) is 7.42. The van der Waals surface area contributed by atoms with Crippen molar-refractivity contribution in [2.75, 3.05) is 5.32 Å². The summed E-state index contributed by atoms with van der Waals surface area (Å²) in [4.78, 5) is 22.8. The van der Waals surface area contributed by atoms with Gasteiger partial charge < -0.3 is 28.0 Å². The molecule has 0 unspecified atom stereocenters. The lowest BCUT2D eigenvalue weighted by Crippen LogP contribution is -3.00. The molecule has 0 aliphatic carbocycles. The molecular weight excluding hydrogens is 346 g/mol. The first-order chi connectivity index (χ1) is 10.0. The van der Waals surface area contributed by atoms with Gasteiger partial charge in [0.05, 0.1) is 6.42 Å². The van der Waals surface area contributed by atoms with Crippen molar-refractivity contribution in [3.63, 3.8) is 0 Å². The second-order valence-electron chi connectivity index (χ2n) is 4.85. The zero-order valence-electron chi connectivity index (χ0n) is 12.3. The van der Waals surface area contributed by atoms with Crippen LogP contribution in [-0.2, 0) is 11.3 Å². The average Bonchev–Trinajstić information content (AvgIpc) is 2.47. The van der Waals surface area contributed by atoms with Crippen molar-refractivity contribution in [3.8, 4) is 0 Å². The molecule has 1 aromatic heterocycles. The van der Waals surface area contributed by atoms with Crippen LogP contribution in [0.25, 0.3) is 0 Å². The number of nitrogens with zero attached hydrogens (tertiary/aromatic N) is 1. The van der Waals surface area contributed by atoms with Crippen LogP contribution in [-0.4, -0.2) is 11.8 Å². The molecule has 0 atom stereocenters. The summed E-state index contributed by atoms with van der Waals surface area (Å²) >= 11 is 0. The molecule has 2 amide bonds. The third-order valence-electron chi connectivity index (χ3n) is 3.11. The highest BCUT2D eigenvalue weighted by molar-refractivity contribution is 5.94. The number of carbonyl (C=O) groups is 2. The number of benzene rings is 1. The second kappa shape index (κ2) is 8.29. The highest BCUT2D eigenvalue weighted by Crippen LogP contribution is 2.09. The summed E-state index contributed by atoms with van der Waals surface area (Å²) < 4.78 is 1.96. The number of nitrogens with two attached hydrogens (primary N) is 1. The van der Waals surface area contributed by atoms with Crippen molar-refractivity contribution in [3.05, 3.63) is 59.9 Å². The van der Waals surface area contributed by atoms with Gasteiger partial charge >= 0.3 is 0 Å². The number of aryl methyl sites for hydroxylation is 2. The molecule has 0 aliphatic heterocycles. The second-order valence-corrected chi connectivity index (χ2v) is 4.85. The largest absolute Gasteiger partial charge is 1.00 e. The normalized spacial score (nSPS) is 9.68. The fourth-order valence-corrected chi connectivity index (χ4v) is 1.85. The van der Waals surface area contributed by atoms with Crippen LogP contribution in [0.4, 0.5) is 5.69 Å². The van der Waals surface area contributed by atoms with Gasteiger partial charge in [0.15, 0.2) is 18.9 Å². The maximum atomic E-state index is 11.9. The molecule has 116 valence electrons. The minimum Gasteiger partial charge on any atom is -1.00 e. The zero-order valence-corrected chi connectivity index (χ0v) is 13.8. The van der Waals surface area contributed by atoms with E-state index in [-0.39, 0.29) is 22.9 Å². The molecule has 3 N–H and O–H groups in total. The Kier molecular flexibility index (Phi) is 6.72. The van der Waals surface area contributed by atoms with E-state index in [1.807, 2.05) is 36.0 Å². The van der Waals surface area contributed by atoms with Gasteiger partial charge in [-0.2, -0.15) is 0 Å². The predicted octanol–water partition coefficient (Wildman–Crippen LogP) is -1.59. The third-order valence-corrected chi connectivity index (χ3v) is 3.11. The van der Waals surface area contributed by atoms with E-state index in [2.05, 4.69) is 5.32 Å². The predicted molar refractivity (Wildman–Crippen MR) is 79.6 cm³/mol. The van der Waals surface area contributed by atoms with Gasteiger partial charge in [-0.15, -0.1) is 0 Å². The van der Waals surface area contributed by atoms with Crippen LogP contribution in [0.5, 0.6) is 0 Å². The maximum absolute atomic E-state index is 11.9. The number of halogens is 1. The number of anilines is 1. The van der Waals surface area contributed by atoms with Crippen LogP contribution < -0.4 is 32.6 Å². The van der Waals surface area contributed by atoms with Gasteiger partial charge in [-0.3, -0.25) is 9.59 Å². The molecule has 2 aromatic rings. The van der Waals surface area contributed by atoms with Crippen molar-refractivity contribution in [1.29, 1.82) is 0 Å². The van der Waals surface area contributed by atoms with Gasteiger partial charge in [0.2, 0.25) is 11.8 Å². The minimum absolute atomic E-state index is 0. The summed E-state index contributed by atoms with van der Waals surface area (Å²) in [5.74, 6) is -0.557. The number of nitrogens with one attached hydrogen (secondary N) is 1. The number of pyridine rings is 1. The van der Waals surface area contributed by atoms with E-state index in [0.717, 1.165) is 0 Å². The molecule has 0 saturated heterocycles. The van der Waals surface area contributed by atoms with E-state index in [1.54, 1.807) is 24.3 Å². The zero-order chi connectivity index (χ0) is 15.2. The quantitative estimate of drug-likeness (QED) is 0.628. The number of carbonyl (C=O) groups excluding carboxylic acids is 2. The summed E-state index contributed by atoms with van der Waals surface area (Å²) in [7, 11) is 0. The first kappa shape index (κ1) is 17.8. The molecule has 0 radical (unpaired) electrons. The lowest BCUT2D eigenvalue weighted by molar-refractivity contribution is -0.695. The summed E-state index contributed by atoms with van der Waals surface area (Å²) in [6, 6.07) is 10.5. The number of primary amides is 1. The minimum atomic E-state index is -0.483. The van der Waals surface area contributed by atoms with E-state index in [0.29, 0.717) is 24.2 Å². The van der Waals surface area contributed by atoms with Gasteiger partial charge in [0, 0.05) is 23.4 Å². The first-order valence-electron chi connectivity index (χ1n) is 6.70. The van der Waals surface area contributed by atoms with Gasteiger partial charge in [-0.05, 0) is 36.8 Å². The summed E-state index contributed by atoms with van der Waals surface area (Å²) in [6.45, 7) is 2.64. The molecule has 0 spiro atoms. The lowest BCUT2D eigenvalue weighted by atomic mass is 10.2. The highest BCUT2D eigenvalue weighted by Gasteiger charge is 2.07. The van der Waals surface area contributed by atoms with Crippen molar-refractivity contribution in [1.82, 2.24) is 0 Å². The molecule has 22 heavy (non-hydrogen) atoms. The Labute approximate surface area is 139 Å². The van der Waals surface area contributed by atoms with E-state index < -0.39 is 5.91 Å². The summed E-state index contributed by atoms with van der Waals surface area (Å²) in [6.07, 6.45) is 4.28. The van der Waals surface area contributed by atoms with E-state index >= 15 is 0 Å². The Morgan fingerprint density at radius 2 is 1.68 bits per heavy atom. The van der Waals surface area contributed by atoms with Crippen molar-refractivity contribution in [2.24, 2.45) is 5.73 Å². The third kappa shape index (κ3) is 5.29. The standard InChI is InChI=1S/C16H17N3O2.BrH/c1-12-6-9-19(10-7-12)11-8-15(20)18-14-4-2-13(3-5-14)16(17)21;/h2-7,9-10H,8,11H2,1H3,(H2-,17,18,20,21);1H. The number of hydrogen-bond donors (Lipinski definition) is 2. The number of hydrogen-bond acceptors (Lipinski definition) is 2. The Morgan fingerprint density at radius 1 is 1.09 bits per heavy atom. The smallest absolute Gasteiger partial charge is 0.248 e. The van der Waals surface area contributed by atoms with Crippen LogP contribution in [0.15, 0.2) is 48.8 Å². The Bertz CT molecular complexity index is 639. The topological polar surface area (TPSA) is 76.1 Å². The maximum Gasteiger partial charge on any atom is 0.248 e. The number of aromatic nitrogens is 1. The highest BCUT2D eigenvalue weighted by atomic mass is 79.9. The van der Waals surface area contributed by atoms with Crippen LogP contribution in [0.3, 0.4) is 0 Å². The molecular formula is C16H18BrN3O2. The molecule has 0 aliphatic rings. The summed E-state index contributed by atoms with van der Waals surface area (Å²) in [5, 5.41) is 2.79. The molecule has 5 nitrogen and oxygen atoms in total. The lowest BCUT2D eigenvalue weighted by Gasteiger charge is -2.04. The van der Waals surface area contributed by atoms with Crippen LogP contribution in [0.1, 0.15) is 22.3 Å². The van der Waals surface area contributed by atoms with Crippen molar-refractivity contribution >= 4 is 17.5 Å². The molecule has 1 heterocycles. The Morgan fingerprint density at radius 3 is 2.23 bits per heavy atom. The van der Waals surface area contributed by atoms with Gasteiger partial charge in [-0.1, -0.05) is 0 Å². The Hall–Kier alpha value is -2.21. The molecule has 0 fully saturated rings. The monoisotopic (exact) mass is 363 g/mol.